The normalized spacial score (nSPS) is 24.0. The summed E-state index contributed by atoms with van der Waals surface area (Å²) < 4.78 is 11.3. The summed E-state index contributed by atoms with van der Waals surface area (Å²) in [4.78, 5) is 19.4. The summed E-state index contributed by atoms with van der Waals surface area (Å²) in [5.41, 5.74) is 1.13. The summed E-state index contributed by atoms with van der Waals surface area (Å²) in [7, 11) is 1.90. The summed E-state index contributed by atoms with van der Waals surface area (Å²) >= 11 is 0. The third-order valence-corrected chi connectivity index (χ3v) is 6.16. The number of piperidine rings is 1. The van der Waals surface area contributed by atoms with E-state index in [-0.39, 0.29) is 5.91 Å². The second-order valence-corrected chi connectivity index (χ2v) is 9.02. The maximum absolute atomic E-state index is 12.7. The Hall–Kier alpha value is -1.63. The first-order chi connectivity index (χ1) is 14.4. The largest absolute Gasteiger partial charge is 0.494 e. The molecule has 1 aromatic carbocycles. The number of morpholine rings is 1. The van der Waals surface area contributed by atoms with Crippen molar-refractivity contribution in [2.24, 2.45) is 5.92 Å². The molecule has 2 aliphatic rings. The molecule has 0 spiro atoms. The molecule has 2 fully saturated rings. The van der Waals surface area contributed by atoms with Gasteiger partial charge in [-0.25, -0.2) is 0 Å². The zero-order valence-corrected chi connectivity index (χ0v) is 19.2. The highest BCUT2D eigenvalue weighted by Crippen LogP contribution is 2.21. The monoisotopic (exact) mass is 417 g/mol. The number of rotatable bonds is 8. The predicted octanol–water partition coefficient (Wildman–Crippen LogP) is 2.86. The minimum atomic E-state index is 0.193. The van der Waals surface area contributed by atoms with Gasteiger partial charge in [0.05, 0.1) is 25.4 Å². The third kappa shape index (κ3) is 6.96. The van der Waals surface area contributed by atoms with Crippen molar-refractivity contribution >= 4 is 5.91 Å². The quantitative estimate of drug-likeness (QED) is 0.651. The molecule has 0 aliphatic carbocycles. The number of ether oxygens (including phenoxy) is 2. The van der Waals surface area contributed by atoms with Crippen molar-refractivity contribution in [3.63, 3.8) is 0 Å². The van der Waals surface area contributed by atoms with E-state index in [1.807, 2.05) is 43.1 Å². The first-order valence-electron chi connectivity index (χ1n) is 11.5. The molecule has 30 heavy (non-hydrogen) atoms. The minimum Gasteiger partial charge on any atom is -0.494 e. The van der Waals surface area contributed by atoms with Crippen LogP contribution in [0.15, 0.2) is 24.3 Å². The Labute approximate surface area is 182 Å². The van der Waals surface area contributed by atoms with E-state index in [4.69, 9.17) is 9.47 Å². The number of benzene rings is 1. The van der Waals surface area contributed by atoms with Gasteiger partial charge in [0.1, 0.15) is 5.75 Å². The van der Waals surface area contributed by atoms with Crippen LogP contribution in [0.1, 0.15) is 39.2 Å². The molecule has 0 N–H and O–H groups in total. The molecule has 6 nitrogen and oxygen atoms in total. The van der Waals surface area contributed by atoms with Crippen molar-refractivity contribution in [2.75, 3.05) is 52.9 Å². The number of amides is 1. The molecule has 168 valence electrons. The van der Waals surface area contributed by atoms with E-state index >= 15 is 0 Å². The van der Waals surface area contributed by atoms with Gasteiger partial charge < -0.3 is 14.4 Å². The van der Waals surface area contributed by atoms with Gasteiger partial charge in [0.2, 0.25) is 5.91 Å². The molecule has 2 heterocycles. The second kappa shape index (κ2) is 11.1. The molecule has 0 bridgehead atoms. The molecule has 2 atom stereocenters. The number of likely N-dealkylation sites (N-methyl/N-ethyl adjacent to an activating group) is 1. The Kier molecular flexibility index (Phi) is 8.54. The lowest BCUT2D eigenvalue weighted by molar-refractivity contribution is -0.132. The van der Waals surface area contributed by atoms with Gasteiger partial charge in [-0.15, -0.1) is 0 Å². The number of hydrogen-bond donors (Lipinski definition) is 0. The molecule has 1 aromatic rings. The average molecular weight is 418 g/mol. The van der Waals surface area contributed by atoms with Gasteiger partial charge in [-0.05, 0) is 70.3 Å². The second-order valence-electron chi connectivity index (χ2n) is 9.02. The summed E-state index contributed by atoms with van der Waals surface area (Å²) in [5, 5.41) is 0. The van der Waals surface area contributed by atoms with Crippen molar-refractivity contribution in [1.29, 1.82) is 0 Å². The predicted molar refractivity (Wildman–Crippen MR) is 120 cm³/mol. The molecule has 0 aromatic heterocycles. The standard InChI is InChI=1S/C24H39N3O3/c1-5-29-23-8-6-21(7-9-23)16-25(4)24(28)18-26-12-10-22(11-13-26)17-27-14-19(2)30-20(3)15-27/h6-9,19-20,22H,5,10-18H2,1-4H3. The molecular formula is C24H39N3O3. The first kappa shape index (κ1) is 23.0. The molecule has 0 radical (unpaired) electrons. The molecule has 3 rings (SSSR count). The summed E-state index contributed by atoms with van der Waals surface area (Å²) in [5.74, 6) is 1.80. The van der Waals surface area contributed by atoms with Gasteiger partial charge in [-0.3, -0.25) is 14.6 Å². The van der Waals surface area contributed by atoms with E-state index in [1.165, 1.54) is 12.8 Å². The zero-order chi connectivity index (χ0) is 21.5. The lowest BCUT2D eigenvalue weighted by atomic mass is 9.95. The highest BCUT2D eigenvalue weighted by Gasteiger charge is 2.27. The fourth-order valence-electron chi connectivity index (χ4n) is 4.66. The number of hydrogen-bond acceptors (Lipinski definition) is 5. The number of carbonyl (C=O) groups excluding carboxylic acids is 1. The zero-order valence-electron chi connectivity index (χ0n) is 19.2. The van der Waals surface area contributed by atoms with Crippen LogP contribution in [0.3, 0.4) is 0 Å². The van der Waals surface area contributed by atoms with Crippen molar-refractivity contribution in [2.45, 2.75) is 52.4 Å². The molecule has 2 saturated heterocycles. The van der Waals surface area contributed by atoms with E-state index in [2.05, 4.69) is 23.6 Å². The maximum atomic E-state index is 12.7. The van der Waals surface area contributed by atoms with E-state index in [0.29, 0.717) is 31.9 Å². The Morgan fingerprint density at radius 2 is 1.73 bits per heavy atom. The third-order valence-electron chi connectivity index (χ3n) is 6.16. The highest BCUT2D eigenvalue weighted by atomic mass is 16.5. The summed E-state index contributed by atoms with van der Waals surface area (Å²) in [6.45, 7) is 13.4. The molecular weight excluding hydrogens is 378 g/mol. The number of likely N-dealkylation sites (tertiary alicyclic amines) is 1. The first-order valence-corrected chi connectivity index (χ1v) is 11.5. The minimum absolute atomic E-state index is 0.193. The van der Waals surface area contributed by atoms with Crippen LogP contribution in [0, 0.1) is 5.92 Å². The topological polar surface area (TPSA) is 45.2 Å². The van der Waals surface area contributed by atoms with E-state index in [0.717, 1.165) is 50.0 Å². The Balaban J connectivity index is 1.38. The maximum Gasteiger partial charge on any atom is 0.236 e. The van der Waals surface area contributed by atoms with Gasteiger partial charge in [0.25, 0.3) is 0 Å². The van der Waals surface area contributed by atoms with Crippen LogP contribution in [0.2, 0.25) is 0 Å². The van der Waals surface area contributed by atoms with Gasteiger partial charge in [0.15, 0.2) is 0 Å². The van der Waals surface area contributed by atoms with Crippen LogP contribution in [-0.4, -0.2) is 85.7 Å². The Morgan fingerprint density at radius 1 is 1.10 bits per heavy atom. The van der Waals surface area contributed by atoms with Crippen LogP contribution in [-0.2, 0) is 16.1 Å². The lowest BCUT2D eigenvalue weighted by Gasteiger charge is -2.39. The summed E-state index contributed by atoms with van der Waals surface area (Å²) in [6, 6.07) is 8.01. The van der Waals surface area contributed by atoms with Gasteiger partial charge in [-0.1, -0.05) is 12.1 Å². The van der Waals surface area contributed by atoms with Gasteiger partial charge in [-0.2, -0.15) is 0 Å². The van der Waals surface area contributed by atoms with Crippen molar-refractivity contribution in [3.8, 4) is 5.75 Å². The number of carbonyl (C=O) groups is 1. The van der Waals surface area contributed by atoms with Crippen LogP contribution >= 0.6 is 0 Å². The van der Waals surface area contributed by atoms with Crippen molar-refractivity contribution < 1.29 is 14.3 Å². The Morgan fingerprint density at radius 3 is 2.33 bits per heavy atom. The van der Waals surface area contributed by atoms with Crippen LogP contribution in [0.4, 0.5) is 0 Å². The average Bonchev–Trinajstić information content (AvgIpc) is 2.70. The SMILES string of the molecule is CCOc1ccc(CN(C)C(=O)CN2CCC(CN3CC(C)OC(C)C3)CC2)cc1. The van der Waals surface area contributed by atoms with E-state index < -0.39 is 0 Å². The molecule has 6 heteroatoms. The van der Waals surface area contributed by atoms with Crippen LogP contribution < -0.4 is 4.74 Å². The van der Waals surface area contributed by atoms with Crippen LogP contribution in [0.5, 0.6) is 5.75 Å². The lowest BCUT2D eigenvalue weighted by Crippen LogP contribution is -2.49. The fraction of sp³-hybridized carbons (Fsp3) is 0.708. The van der Waals surface area contributed by atoms with Crippen LogP contribution in [0.25, 0.3) is 0 Å². The van der Waals surface area contributed by atoms with Gasteiger partial charge >= 0.3 is 0 Å². The Bertz CT molecular complexity index is 648. The summed E-state index contributed by atoms with van der Waals surface area (Å²) in [6.07, 6.45) is 3.01. The molecule has 2 unspecified atom stereocenters. The molecule has 2 aliphatic heterocycles. The van der Waals surface area contributed by atoms with E-state index in [1.54, 1.807) is 0 Å². The molecule has 1 amide bonds. The van der Waals surface area contributed by atoms with Crippen molar-refractivity contribution in [3.05, 3.63) is 29.8 Å². The smallest absolute Gasteiger partial charge is 0.236 e. The molecule has 0 saturated carbocycles. The fourth-order valence-corrected chi connectivity index (χ4v) is 4.66. The van der Waals surface area contributed by atoms with E-state index in [9.17, 15) is 4.79 Å². The number of nitrogens with zero attached hydrogens (tertiary/aromatic N) is 3. The van der Waals surface area contributed by atoms with Crippen molar-refractivity contribution in [1.82, 2.24) is 14.7 Å². The highest BCUT2D eigenvalue weighted by molar-refractivity contribution is 5.78. The van der Waals surface area contributed by atoms with Gasteiger partial charge in [0, 0.05) is 33.2 Å².